The first-order chi connectivity index (χ1) is 10.1. The van der Waals surface area contributed by atoms with E-state index in [2.05, 4.69) is 10.6 Å². The largest absolute Gasteiger partial charge is 0.480 e. The van der Waals surface area contributed by atoms with Crippen molar-refractivity contribution in [2.75, 3.05) is 32.3 Å². The minimum atomic E-state index is -1.02. The maximum absolute atomic E-state index is 11.7. The van der Waals surface area contributed by atoms with E-state index in [0.29, 0.717) is 31.7 Å². The van der Waals surface area contributed by atoms with Crippen LogP contribution in [-0.4, -0.2) is 55.3 Å². The number of nitriles is 1. The lowest BCUT2D eigenvalue weighted by atomic mass is 10.2. The van der Waals surface area contributed by atoms with E-state index < -0.39 is 17.9 Å². The Labute approximate surface area is 128 Å². The fraction of sp³-hybridized carbons (Fsp3) is 0.615. The Kier molecular flexibility index (Phi) is 11.1. The van der Waals surface area contributed by atoms with Crippen LogP contribution in [0.25, 0.3) is 0 Å². The van der Waals surface area contributed by atoms with Gasteiger partial charge in [-0.1, -0.05) is 0 Å². The minimum Gasteiger partial charge on any atom is -0.480 e. The number of hydrogen-bond donors (Lipinski definition) is 3. The number of rotatable bonds is 11. The lowest BCUT2D eigenvalue weighted by Gasteiger charge is -2.12. The van der Waals surface area contributed by atoms with Crippen LogP contribution in [0.15, 0.2) is 11.8 Å². The van der Waals surface area contributed by atoms with E-state index in [0.717, 1.165) is 6.20 Å². The fourth-order valence-corrected chi connectivity index (χ4v) is 1.83. The van der Waals surface area contributed by atoms with Gasteiger partial charge < -0.3 is 20.5 Å². The second-order valence-corrected chi connectivity index (χ2v) is 5.10. The molecule has 0 rings (SSSR count). The molecule has 21 heavy (non-hydrogen) atoms. The number of carbonyl (C=O) groups excluding carboxylic acids is 1. The lowest BCUT2D eigenvalue weighted by Crippen LogP contribution is -2.35. The van der Waals surface area contributed by atoms with E-state index >= 15 is 0 Å². The van der Waals surface area contributed by atoms with Crippen LogP contribution in [-0.2, 0) is 14.3 Å². The summed E-state index contributed by atoms with van der Waals surface area (Å²) in [5, 5.41) is 23.1. The third-order valence-electron chi connectivity index (χ3n) is 2.51. The maximum atomic E-state index is 11.7. The van der Waals surface area contributed by atoms with Crippen molar-refractivity contribution in [3.05, 3.63) is 11.8 Å². The van der Waals surface area contributed by atoms with Gasteiger partial charge in [0.15, 0.2) is 0 Å². The number of ether oxygens (including phenoxy) is 1. The van der Waals surface area contributed by atoms with Gasteiger partial charge in [0.2, 0.25) is 0 Å². The Morgan fingerprint density at radius 1 is 1.52 bits per heavy atom. The molecule has 1 atom stereocenters. The van der Waals surface area contributed by atoms with E-state index in [-0.39, 0.29) is 5.57 Å². The molecule has 0 spiro atoms. The molecular weight excluding hydrogens is 294 g/mol. The van der Waals surface area contributed by atoms with Gasteiger partial charge in [-0.3, -0.25) is 4.79 Å². The van der Waals surface area contributed by atoms with Crippen molar-refractivity contribution in [2.45, 2.75) is 18.9 Å². The molecular formula is C13H21N3O4S. The number of hydrogen-bond acceptors (Lipinski definition) is 6. The van der Waals surface area contributed by atoms with Crippen LogP contribution in [0.3, 0.4) is 0 Å². The summed E-state index contributed by atoms with van der Waals surface area (Å²) in [5.41, 5.74) is -0.150. The molecule has 0 bridgehead atoms. The first-order valence-corrected chi connectivity index (χ1v) is 7.81. The molecule has 0 saturated carbocycles. The van der Waals surface area contributed by atoms with Crippen LogP contribution in [0.2, 0.25) is 0 Å². The summed E-state index contributed by atoms with van der Waals surface area (Å²) < 4.78 is 4.84. The van der Waals surface area contributed by atoms with E-state index in [1.807, 2.05) is 6.26 Å². The second kappa shape index (κ2) is 12.1. The average molecular weight is 315 g/mol. The van der Waals surface area contributed by atoms with Crippen LogP contribution in [0, 0.1) is 11.3 Å². The van der Waals surface area contributed by atoms with Crippen molar-refractivity contribution in [1.29, 1.82) is 5.26 Å². The topological polar surface area (TPSA) is 111 Å². The number of nitrogens with zero attached hydrogens (tertiary/aromatic N) is 1. The number of carboxylic acids is 1. The summed E-state index contributed by atoms with van der Waals surface area (Å²) in [6.07, 6.45) is 4.08. The predicted octanol–water partition coefficient (Wildman–Crippen LogP) is 0.342. The molecule has 1 amide bonds. The molecule has 0 aliphatic carbocycles. The molecule has 0 radical (unpaired) electrons. The van der Waals surface area contributed by atoms with E-state index in [9.17, 15) is 9.59 Å². The number of nitrogens with one attached hydrogen (secondary N) is 2. The first kappa shape index (κ1) is 19.3. The summed E-state index contributed by atoms with van der Waals surface area (Å²) in [6, 6.07) is 0.933. The quantitative estimate of drug-likeness (QED) is 0.286. The van der Waals surface area contributed by atoms with Crippen LogP contribution in [0.4, 0.5) is 0 Å². The van der Waals surface area contributed by atoms with E-state index in [4.69, 9.17) is 15.1 Å². The zero-order chi connectivity index (χ0) is 16.1. The molecule has 3 N–H and O–H groups in total. The van der Waals surface area contributed by atoms with Crippen LogP contribution < -0.4 is 10.6 Å². The SMILES string of the molecule is COCCCNC(=O)/C(C#N)=C\NC(CCSC)C(=O)O. The highest BCUT2D eigenvalue weighted by molar-refractivity contribution is 7.98. The number of carbonyl (C=O) groups is 2. The zero-order valence-corrected chi connectivity index (χ0v) is 13.0. The number of amides is 1. The molecule has 118 valence electrons. The van der Waals surface area contributed by atoms with Crippen LogP contribution in [0.1, 0.15) is 12.8 Å². The summed E-state index contributed by atoms with van der Waals surface area (Å²) >= 11 is 1.53. The Morgan fingerprint density at radius 3 is 2.76 bits per heavy atom. The summed E-state index contributed by atoms with van der Waals surface area (Å²) in [5.74, 6) is -0.878. The number of aliphatic carboxylic acids is 1. The molecule has 0 heterocycles. The number of thioether (sulfide) groups is 1. The van der Waals surface area contributed by atoms with Gasteiger partial charge in [0.25, 0.3) is 5.91 Å². The summed E-state index contributed by atoms with van der Waals surface area (Å²) in [6.45, 7) is 0.903. The van der Waals surface area contributed by atoms with Crippen molar-refractivity contribution in [3.8, 4) is 6.07 Å². The van der Waals surface area contributed by atoms with E-state index in [1.165, 1.54) is 11.8 Å². The van der Waals surface area contributed by atoms with Crippen LogP contribution in [0.5, 0.6) is 0 Å². The highest BCUT2D eigenvalue weighted by atomic mass is 32.2. The van der Waals surface area contributed by atoms with Crippen LogP contribution >= 0.6 is 11.8 Å². The molecule has 0 aliphatic heterocycles. The third kappa shape index (κ3) is 8.94. The van der Waals surface area contributed by atoms with Crippen molar-refractivity contribution >= 4 is 23.6 Å². The van der Waals surface area contributed by atoms with Crippen molar-refractivity contribution < 1.29 is 19.4 Å². The Hall–Kier alpha value is -1.72. The molecule has 0 aromatic carbocycles. The fourth-order valence-electron chi connectivity index (χ4n) is 1.36. The zero-order valence-electron chi connectivity index (χ0n) is 12.2. The number of carboxylic acid groups (broad SMARTS) is 1. The van der Waals surface area contributed by atoms with Gasteiger partial charge in [-0.25, -0.2) is 4.79 Å². The molecule has 0 saturated heterocycles. The van der Waals surface area contributed by atoms with Crippen molar-refractivity contribution in [3.63, 3.8) is 0 Å². The summed E-state index contributed by atoms with van der Waals surface area (Å²) in [4.78, 5) is 22.7. The van der Waals surface area contributed by atoms with E-state index in [1.54, 1.807) is 13.2 Å². The van der Waals surface area contributed by atoms with Crippen molar-refractivity contribution in [1.82, 2.24) is 10.6 Å². The second-order valence-electron chi connectivity index (χ2n) is 4.11. The molecule has 0 aromatic heterocycles. The number of methoxy groups -OCH3 is 1. The predicted molar refractivity (Wildman–Crippen MR) is 80.8 cm³/mol. The Bertz CT molecular complexity index is 407. The van der Waals surface area contributed by atoms with Gasteiger partial charge in [-0.05, 0) is 24.9 Å². The van der Waals surface area contributed by atoms with Gasteiger partial charge in [0, 0.05) is 26.5 Å². The standard InChI is InChI=1S/C13H21N3O4S/c1-20-6-3-5-15-12(17)10(8-14)9-16-11(13(18)19)4-7-21-2/h9,11,16H,3-7H2,1-2H3,(H,15,17)(H,18,19)/b10-9-. The maximum Gasteiger partial charge on any atom is 0.326 e. The van der Waals surface area contributed by atoms with Gasteiger partial charge in [-0.15, -0.1) is 0 Å². The van der Waals surface area contributed by atoms with Gasteiger partial charge in [-0.2, -0.15) is 17.0 Å². The van der Waals surface area contributed by atoms with Crippen molar-refractivity contribution in [2.24, 2.45) is 0 Å². The lowest BCUT2D eigenvalue weighted by molar-refractivity contribution is -0.139. The monoisotopic (exact) mass is 315 g/mol. The average Bonchev–Trinajstić information content (AvgIpc) is 2.46. The molecule has 0 aliphatic rings. The Balaban J connectivity index is 4.44. The molecule has 1 unspecified atom stereocenters. The summed E-state index contributed by atoms with van der Waals surface area (Å²) in [7, 11) is 1.56. The van der Waals surface area contributed by atoms with Gasteiger partial charge in [0.05, 0.1) is 0 Å². The highest BCUT2D eigenvalue weighted by Crippen LogP contribution is 2.02. The molecule has 8 heteroatoms. The smallest absolute Gasteiger partial charge is 0.326 e. The molecule has 0 aromatic rings. The minimum absolute atomic E-state index is 0.150. The Morgan fingerprint density at radius 2 is 2.24 bits per heavy atom. The first-order valence-electron chi connectivity index (χ1n) is 6.42. The van der Waals surface area contributed by atoms with Gasteiger partial charge >= 0.3 is 5.97 Å². The van der Waals surface area contributed by atoms with Gasteiger partial charge in [0.1, 0.15) is 17.7 Å². The normalized spacial score (nSPS) is 12.3. The molecule has 0 fully saturated rings. The highest BCUT2D eigenvalue weighted by Gasteiger charge is 2.16. The third-order valence-corrected chi connectivity index (χ3v) is 3.16. The molecule has 7 nitrogen and oxygen atoms in total.